The number of H-pyrrole nitrogens is 1. The molecule has 29 heavy (non-hydrogen) atoms. The van der Waals surface area contributed by atoms with Crippen LogP contribution in [0.5, 0.6) is 0 Å². The molecule has 1 fully saturated rings. The van der Waals surface area contributed by atoms with Gasteiger partial charge in [-0.1, -0.05) is 13.8 Å². The molecule has 0 bridgehead atoms. The molecular weight excluding hydrogens is 366 g/mol. The molecule has 0 unspecified atom stereocenters. The van der Waals surface area contributed by atoms with E-state index in [0.717, 1.165) is 62.1 Å². The number of carbonyl (C=O) groups excluding carboxylic acids is 1. The largest absolute Gasteiger partial charge is 0.334 e. The molecule has 7 heteroatoms. The summed E-state index contributed by atoms with van der Waals surface area (Å²) in [5, 5.41) is 3.30. The van der Waals surface area contributed by atoms with Gasteiger partial charge >= 0.3 is 0 Å². The summed E-state index contributed by atoms with van der Waals surface area (Å²) in [6, 6.07) is 2.38. The zero-order valence-corrected chi connectivity index (χ0v) is 18.1. The highest BCUT2D eigenvalue weighted by atomic mass is 16.2. The number of hydrogen-bond acceptors (Lipinski definition) is 4. The molecule has 1 N–H and O–H groups in total. The Labute approximate surface area is 172 Å². The average Bonchev–Trinajstić information content (AvgIpc) is 3.16. The minimum atomic E-state index is -0.00413. The molecule has 2 aromatic heterocycles. The highest BCUT2D eigenvalue weighted by molar-refractivity contribution is 5.79. The van der Waals surface area contributed by atoms with Gasteiger partial charge in [0, 0.05) is 44.1 Å². The smallest absolute Gasteiger partial charge is 0.277 e. The Morgan fingerprint density at radius 2 is 2.07 bits per heavy atom. The first-order valence-corrected chi connectivity index (χ1v) is 11.1. The second-order valence-corrected chi connectivity index (χ2v) is 8.91. The van der Waals surface area contributed by atoms with Crippen LogP contribution in [0.4, 0.5) is 0 Å². The van der Waals surface area contributed by atoms with E-state index in [9.17, 15) is 9.59 Å². The lowest BCUT2D eigenvalue weighted by atomic mass is 9.96. The summed E-state index contributed by atoms with van der Waals surface area (Å²) in [6.07, 6.45) is 4.70. The second-order valence-electron chi connectivity index (χ2n) is 8.91. The molecule has 0 aromatic carbocycles. The number of carbonyl (C=O) groups is 1. The third-order valence-electron chi connectivity index (χ3n) is 6.72. The third kappa shape index (κ3) is 3.61. The maximum absolute atomic E-state index is 13.2. The van der Waals surface area contributed by atoms with Crippen LogP contribution in [0.15, 0.2) is 10.9 Å². The van der Waals surface area contributed by atoms with E-state index in [2.05, 4.69) is 30.8 Å². The molecule has 0 aliphatic carbocycles. The van der Waals surface area contributed by atoms with Gasteiger partial charge in [0.1, 0.15) is 0 Å². The van der Waals surface area contributed by atoms with Crippen molar-refractivity contribution in [3.63, 3.8) is 0 Å². The van der Waals surface area contributed by atoms with Crippen LogP contribution in [0.3, 0.4) is 0 Å². The fourth-order valence-electron chi connectivity index (χ4n) is 4.61. The van der Waals surface area contributed by atoms with Crippen LogP contribution < -0.4 is 5.56 Å². The van der Waals surface area contributed by atoms with E-state index in [0.29, 0.717) is 18.2 Å². The van der Waals surface area contributed by atoms with Crippen LogP contribution in [-0.2, 0) is 17.8 Å². The number of likely N-dealkylation sites (tertiary alicyclic amines) is 1. The Morgan fingerprint density at radius 3 is 2.79 bits per heavy atom. The maximum atomic E-state index is 13.2. The fourth-order valence-corrected chi connectivity index (χ4v) is 4.61. The van der Waals surface area contributed by atoms with Crippen LogP contribution in [0, 0.1) is 5.92 Å². The van der Waals surface area contributed by atoms with Gasteiger partial charge in [-0.25, -0.2) is 9.50 Å². The van der Waals surface area contributed by atoms with Crippen molar-refractivity contribution in [2.24, 2.45) is 5.92 Å². The Morgan fingerprint density at radius 1 is 1.28 bits per heavy atom. The lowest BCUT2D eigenvalue weighted by molar-refractivity contribution is -0.139. The molecule has 2 atom stereocenters. The zero-order chi connectivity index (χ0) is 20.7. The lowest BCUT2D eigenvalue weighted by Crippen LogP contribution is -2.41. The van der Waals surface area contributed by atoms with Gasteiger partial charge < -0.3 is 4.90 Å². The molecule has 7 nitrogen and oxygen atoms in total. The van der Waals surface area contributed by atoms with E-state index in [1.54, 1.807) is 4.52 Å². The van der Waals surface area contributed by atoms with E-state index in [4.69, 9.17) is 4.98 Å². The first-order chi connectivity index (χ1) is 13.9. The molecule has 2 aliphatic heterocycles. The van der Waals surface area contributed by atoms with Crippen LogP contribution in [0.2, 0.25) is 0 Å². The predicted molar refractivity (Wildman–Crippen MR) is 113 cm³/mol. The first kappa shape index (κ1) is 20.1. The van der Waals surface area contributed by atoms with Crippen molar-refractivity contribution in [2.45, 2.75) is 78.4 Å². The van der Waals surface area contributed by atoms with Crippen molar-refractivity contribution >= 4 is 11.6 Å². The number of aromatic amines is 1. The van der Waals surface area contributed by atoms with E-state index >= 15 is 0 Å². The molecule has 1 amide bonds. The predicted octanol–water partition coefficient (Wildman–Crippen LogP) is 2.89. The zero-order valence-electron chi connectivity index (χ0n) is 18.1. The number of rotatable bonds is 4. The normalized spacial score (nSPS) is 21.6. The average molecular weight is 400 g/mol. The minimum Gasteiger partial charge on any atom is -0.334 e. The van der Waals surface area contributed by atoms with Crippen molar-refractivity contribution in [1.82, 2.24) is 24.4 Å². The molecule has 0 radical (unpaired) electrons. The van der Waals surface area contributed by atoms with Gasteiger partial charge in [0.2, 0.25) is 5.91 Å². The fraction of sp³-hybridized carbons (Fsp3) is 0.682. The summed E-state index contributed by atoms with van der Waals surface area (Å²) in [7, 11) is 0. The Kier molecular flexibility index (Phi) is 5.51. The molecule has 2 aliphatic rings. The monoisotopic (exact) mass is 399 g/mol. The van der Waals surface area contributed by atoms with Crippen molar-refractivity contribution in [1.29, 1.82) is 0 Å². The van der Waals surface area contributed by atoms with Gasteiger partial charge in [0.15, 0.2) is 5.65 Å². The highest BCUT2D eigenvalue weighted by Gasteiger charge is 2.32. The van der Waals surface area contributed by atoms with Crippen LogP contribution in [0.1, 0.15) is 76.4 Å². The van der Waals surface area contributed by atoms with Crippen molar-refractivity contribution in [3.8, 4) is 0 Å². The third-order valence-corrected chi connectivity index (χ3v) is 6.72. The number of aromatic nitrogens is 3. The standard InChI is InChI=1S/C22H33N5O2/c1-5-15(4)21(28)26-10-7-6-8-19(26)18-12-20-23-17-9-11-25(14(2)3)13-16(17)22(29)27(20)24-18/h12,14-15,19,24H,5-11,13H2,1-4H3/t15-,19+/m0/s1. The summed E-state index contributed by atoms with van der Waals surface area (Å²) >= 11 is 0. The lowest BCUT2D eigenvalue weighted by Gasteiger charge is -2.36. The van der Waals surface area contributed by atoms with E-state index in [-0.39, 0.29) is 23.4 Å². The molecule has 1 saturated heterocycles. The van der Waals surface area contributed by atoms with Crippen LogP contribution in [-0.4, -0.2) is 49.4 Å². The number of hydrogen-bond donors (Lipinski definition) is 1. The summed E-state index contributed by atoms with van der Waals surface area (Å²) in [5.74, 6) is 0.234. The van der Waals surface area contributed by atoms with Gasteiger partial charge in [0.05, 0.1) is 23.0 Å². The summed E-state index contributed by atoms with van der Waals surface area (Å²) in [4.78, 5) is 35.2. The van der Waals surface area contributed by atoms with E-state index in [1.165, 1.54) is 0 Å². The van der Waals surface area contributed by atoms with E-state index < -0.39 is 0 Å². The van der Waals surface area contributed by atoms with Crippen molar-refractivity contribution < 1.29 is 4.79 Å². The van der Waals surface area contributed by atoms with E-state index in [1.807, 2.05) is 17.9 Å². The van der Waals surface area contributed by atoms with Crippen molar-refractivity contribution in [2.75, 3.05) is 13.1 Å². The quantitative estimate of drug-likeness (QED) is 0.858. The molecule has 158 valence electrons. The number of amides is 1. The van der Waals surface area contributed by atoms with Gasteiger partial charge in [-0.05, 0) is 39.5 Å². The topological polar surface area (TPSA) is 73.7 Å². The number of piperidine rings is 1. The summed E-state index contributed by atoms with van der Waals surface area (Å²) in [6.45, 7) is 10.7. The van der Waals surface area contributed by atoms with Gasteiger partial charge in [0.25, 0.3) is 5.56 Å². The molecule has 4 heterocycles. The number of fused-ring (bicyclic) bond motifs is 2. The highest BCUT2D eigenvalue weighted by Crippen LogP contribution is 2.32. The number of nitrogens with zero attached hydrogens (tertiary/aromatic N) is 4. The molecule has 0 spiro atoms. The maximum Gasteiger partial charge on any atom is 0.277 e. The van der Waals surface area contributed by atoms with Crippen molar-refractivity contribution in [3.05, 3.63) is 33.4 Å². The Hall–Kier alpha value is -2.15. The Balaban J connectivity index is 1.71. The van der Waals surface area contributed by atoms with Crippen LogP contribution in [0.25, 0.3) is 5.65 Å². The molecule has 4 rings (SSSR count). The number of nitrogens with one attached hydrogen (secondary N) is 1. The Bertz CT molecular complexity index is 960. The molecule has 2 aromatic rings. The summed E-state index contributed by atoms with van der Waals surface area (Å²) in [5.41, 5.74) is 3.31. The van der Waals surface area contributed by atoms with Crippen LogP contribution >= 0.6 is 0 Å². The SMILES string of the molecule is CC[C@H](C)C(=O)N1CCCC[C@@H]1c1cc2nc3c(c(=O)n2[nH]1)CN(C(C)C)CC3. The van der Waals surface area contributed by atoms with Gasteiger partial charge in [-0.15, -0.1) is 0 Å². The molecule has 0 saturated carbocycles. The van der Waals surface area contributed by atoms with Gasteiger partial charge in [-0.3, -0.25) is 19.6 Å². The summed E-state index contributed by atoms with van der Waals surface area (Å²) < 4.78 is 1.58. The molecular formula is C22H33N5O2. The van der Waals surface area contributed by atoms with Gasteiger partial charge in [-0.2, -0.15) is 0 Å². The second kappa shape index (κ2) is 7.94. The minimum absolute atomic E-state index is 0.00258. The first-order valence-electron chi connectivity index (χ1n) is 11.1.